The molecule has 0 aromatic carbocycles. The summed E-state index contributed by atoms with van der Waals surface area (Å²) in [5.41, 5.74) is 0. The molecule has 2 fully saturated rings. The number of nitrogens with zero attached hydrogens (tertiary/aromatic N) is 3. The molecule has 0 amide bonds. The average Bonchev–Trinajstić information content (AvgIpc) is 3.09. The first-order valence-electron chi connectivity index (χ1n) is 10.0. The molecule has 142 valence electrons. The van der Waals surface area contributed by atoms with Crippen molar-refractivity contribution >= 4 is 8.32 Å². The summed E-state index contributed by atoms with van der Waals surface area (Å²) in [6, 6.07) is 0.802. The molecule has 0 aromatic rings. The number of likely N-dealkylation sites (tertiary alicyclic amines) is 1. The lowest BCUT2D eigenvalue weighted by Crippen LogP contribution is -2.41. The van der Waals surface area contributed by atoms with Gasteiger partial charge >= 0.3 is 0 Å². The van der Waals surface area contributed by atoms with Gasteiger partial charge in [0.1, 0.15) is 0 Å². The zero-order valence-electron chi connectivity index (χ0n) is 17.1. The van der Waals surface area contributed by atoms with E-state index in [1.54, 1.807) is 0 Å². The summed E-state index contributed by atoms with van der Waals surface area (Å²) >= 11 is 0. The predicted molar refractivity (Wildman–Crippen MR) is 106 cm³/mol. The van der Waals surface area contributed by atoms with Crippen LogP contribution in [0.5, 0.6) is 0 Å². The maximum absolute atomic E-state index is 6.30. The Kier molecular flexibility index (Phi) is 7.32. The van der Waals surface area contributed by atoms with Gasteiger partial charge < -0.3 is 4.43 Å². The highest BCUT2D eigenvalue weighted by atomic mass is 28.4. The summed E-state index contributed by atoms with van der Waals surface area (Å²) in [7, 11) is -1.56. The van der Waals surface area contributed by atoms with Crippen LogP contribution < -0.4 is 0 Å². The maximum Gasteiger partial charge on any atom is 0.191 e. The Morgan fingerprint density at radius 1 is 1.00 bits per heavy atom. The molecular formula is C19H41N3OSi. The minimum atomic E-state index is -1.56. The molecule has 0 radical (unpaired) electrons. The standard InChI is InChI=1S/C19H41N3OSi/c1-18-9-7-11-22(18)15-14-21-13-12-20(17-21)10-8-16-23-24(5,6)19(2,3)4/h18H,7-17H2,1-6H3. The van der Waals surface area contributed by atoms with Crippen LogP contribution in [0.3, 0.4) is 0 Å². The summed E-state index contributed by atoms with van der Waals surface area (Å²) in [5, 5.41) is 0.324. The zero-order chi connectivity index (χ0) is 17.8. The summed E-state index contributed by atoms with van der Waals surface area (Å²) in [5.74, 6) is 0. The van der Waals surface area contributed by atoms with Crippen molar-refractivity contribution in [3.8, 4) is 0 Å². The van der Waals surface area contributed by atoms with Crippen molar-refractivity contribution in [1.29, 1.82) is 0 Å². The highest BCUT2D eigenvalue weighted by Gasteiger charge is 2.36. The van der Waals surface area contributed by atoms with Crippen LogP contribution in [0.1, 0.15) is 47.0 Å². The first kappa shape index (κ1) is 20.4. The van der Waals surface area contributed by atoms with E-state index < -0.39 is 8.32 Å². The summed E-state index contributed by atoms with van der Waals surface area (Å²) in [4.78, 5) is 7.89. The van der Waals surface area contributed by atoms with Crippen molar-refractivity contribution in [2.24, 2.45) is 0 Å². The molecule has 0 bridgehead atoms. The largest absolute Gasteiger partial charge is 0.417 e. The van der Waals surface area contributed by atoms with Crippen LogP contribution in [0.2, 0.25) is 18.1 Å². The van der Waals surface area contributed by atoms with E-state index in [4.69, 9.17) is 4.43 Å². The van der Waals surface area contributed by atoms with E-state index in [2.05, 4.69) is 55.5 Å². The second kappa shape index (κ2) is 8.63. The van der Waals surface area contributed by atoms with E-state index >= 15 is 0 Å². The molecule has 0 aliphatic carbocycles. The van der Waals surface area contributed by atoms with E-state index in [0.717, 1.165) is 19.3 Å². The van der Waals surface area contributed by atoms with Crippen LogP contribution >= 0.6 is 0 Å². The number of hydrogen-bond donors (Lipinski definition) is 0. The van der Waals surface area contributed by atoms with E-state index in [0.29, 0.717) is 5.04 Å². The van der Waals surface area contributed by atoms with E-state index in [-0.39, 0.29) is 0 Å². The highest BCUT2D eigenvalue weighted by molar-refractivity contribution is 6.74. The summed E-state index contributed by atoms with van der Waals surface area (Å²) in [6.07, 6.45) is 3.95. The fourth-order valence-corrected chi connectivity index (χ4v) is 4.59. The third-order valence-corrected chi connectivity index (χ3v) is 11.0. The SMILES string of the molecule is CC1CCCN1CCN1CCN(CCCO[Si](C)(C)C(C)(C)C)C1. The summed E-state index contributed by atoms with van der Waals surface area (Å²) in [6.45, 7) is 23.6. The van der Waals surface area contributed by atoms with Gasteiger partial charge in [-0.25, -0.2) is 0 Å². The van der Waals surface area contributed by atoms with E-state index in [1.807, 2.05) is 0 Å². The Labute approximate surface area is 151 Å². The van der Waals surface area contributed by atoms with Crippen molar-refractivity contribution in [3.63, 3.8) is 0 Å². The Morgan fingerprint density at radius 2 is 1.67 bits per heavy atom. The average molecular weight is 356 g/mol. The van der Waals surface area contributed by atoms with Crippen molar-refractivity contribution in [2.75, 3.05) is 52.5 Å². The quantitative estimate of drug-likeness (QED) is 0.490. The van der Waals surface area contributed by atoms with Crippen LogP contribution in [-0.2, 0) is 4.43 Å². The van der Waals surface area contributed by atoms with Crippen LogP contribution in [0.4, 0.5) is 0 Å². The molecule has 0 N–H and O–H groups in total. The lowest BCUT2D eigenvalue weighted by molar-refractivity contribution is 0.188. The van der Waals surface area contributed by atoms with Gasteiger partial charge in [0.05, 0.1) is 6.67 Å². The lowest BCUT2D eigenvalue weighted by Gasteiger charge is -2.36. The van der Waals surface area contributed by atoms with Crippen LogP contribution in [-0.4, -0.2) is 81.6 Å². The van der Waals surface area contributed by atoms with E-state index in [9.17, 15) is 0 Å². The van der Waals surface area contributed by atoms with Crippen molar-refractivity contribution < 1.29 is 4.43 Å². The van der Waals surface area contributed by atoms with Gasteiger partial charge in [0.15, 0.2) is 8.32 Å². The van der Waals surface area contributed by atoms with Gasteiger partial charge in [-0.3, -0.25) is 14.7 Å². The van der Waals surface area contributed by atoms with Gasteiger partial charge in [0.2, 0.25) is 0 Å². The lowest BCUT2D eigenvalue weighted by atomic mass is 10.2. The molecule has 0 aromatic heterocycles. The molecule has 1 atom stereocenters. The van der Waals surface area contributed by atoms with Crippen molar-refractivity contribution in [1.82, 2.24) is 14.7 Å². The summed E-state index contributed by atoms with van der Waals surface area (Å²) < 4.78 is 6.30. The second-order valence-corrected chi connectivity index (χ2v) is 14.2. The molecule has 2 aliphatic rings. The molecule has 2 aliphatic heterocycles. The van der Waals surface area contributed by atoms with Crippen LogP contribution in [0.25, 0.3) is 0 Å². The van der Waals surface area contributed by atoms with Gasteiger partial charge in [-0.2, -0.15) is 0 Å². The Balaban J connectivity index is 1.57. The molecule has 0 spiro atoms. The first-order chi connectivity index (χ1) is 11.2. The molecule has 1 unspecified atom stereocenters. The van der Waals surface area contributed by atoms with Gasteiger partial charge in [-0.05, 0) is 50.9 Å². The monoisotopic (exact) mass is 355 g/mol. The second-order valence-electron chi connectivity index (χ2n) is 9.37. The first-order valence-corrected chi connectivity index (χ1v) is 12.9. The molecule has 0 saturated carbocycles. The molecule has 4 nitrogen and oxygen atoms in total. The van der Waals surface area contributed by atoms with Gasteiger partial charge in [0, 0.05) is 45.4 Å². The molecule has 2 saturated heterocycles. The molecule has 2 rings (SSSR count). The van der Waals surface area contributed by atoms with Crippen LogP contribution in [0, 0.1) is 0 Å². The third-order valence-electron chi connectivity index (χ3n) is 6.41. The topological polar surface area (TPSA) is 19.0 Å². The number of rotatable bonds is 8. The van der Waals surface area contributed by atoms with Crippen LogP contribution in [0.15, 0.2) is 0 Å². The smallest absolute Gasteiger partial charge is 0.191 e. The minimum absolute atomic E-state index is 0.324. The molecule has 2 heterocycles. The zero-order valence-corrected chi connectivity index (χ0v) is 18.1. The minimum Gasteiger partial charge on any atom is -0.417 e. The highest BCUT2D eigenvalue weighted by Crippen LogP contribution is 2.36. The number of hydrogen-bond acceptors (Lipinski definition) is 4. The van der Waals surface area contributed by atoms with Crippen molar-refractivity contribution in [2.45, 2.75) is 71.1 Å². The molecular weight excluding hydrogens is 314 g/mol. The fraction of sp³-hybridized carbons (Fsp3) is 1.00. The van der Waals surface area contributed by atoms with E-state index in [1.165, 1.54) is 58.5 Å². The normalized spacial score (nSPS) is 25.0. The van der Waals surface area contributed by atoms with Gasteiger partial charge in [-0.1, -0.05) is 20.8 Å². The van der Waals surface area contributed by atoms with Gasteiger partial charge in [-0.15, -0.1) is 0 Å². The maximum atomic E-state index is 6.30. The molecule has 5 heteroatoms. The third kappa shape index (κ3) is 5.80. The van der Waals surface area contributed by atoms with Gasteiger partial charge in [0.25, 0.3) is 0 Å². The fourth-order valence-electron chi connectivity index (χ4n) is 3.50. The van der Waals surface area contributed by atoms with Crippen molar-refractivity contribution in [3.05, 3.63) is 0 Å². The Hall–Kier alpha value is 0.0569. The Bertz CT molecular complexity index is 383. The predicted octanol–water partition coefficient (Wildman–Crippen LogP) is 3.46. The molecule has 24 heavy (non-hydrogen) atoms. The Morgan fingerprint density at radius 3 is 2.25 bits per heavy atom.